The Bertz CT molecular complexity index is 1420. The first-order valence-electron chi connectivity index (χ1n) is 11.3. The van der Waals surface area contributed by atoms with Gasteiger partial charge in [-0.15, -0.1) is 0 Å². The highest BCUT2D eigenvalue weighted by Gasteiger charge is 2.74. The number of carbonyl (C=O) groups excluding carboxylic acids is 4. The Morgan fingerprint density at radius 1 is 0.800 bits per heavy atom. The summed E-state index contributed by atoms with van der Waals surface area (Å²) in [4.78, 5) is 56.5. The number of Topliss-reactive ketones (excluding diaryl/α,β-unsaturated/α-hetero) is 2. The average Bonchev–Trinajstić information content (AvgIpc) is 3.39. The maximum Gasteiger partial charge on any atom is 0.241 e. The number of fused-ring (bicyclic) bond motifs is 3. The van der Waals surface area contributed by atoms with Crippen LogP contribution in [-0.2, 0) is 14.3 Å². The van der Waals surface area contributed by atoms with Crippen LogP contribution in [0.15, 0.2) is 66.7 Å². The molecule has 2 aliphatic heterocycles. The van der Waals surface area contributed by atoms with Gasteiger partial charge in [0.1, 0.15) is 0 Å². The smallest absolute Gasteiger partial charge is 0.241 e. The van der Waals surface area contributed by atoms with E-state index in [1.807, 2.05) is 19.9 Å². The molecule has 0 aromatic heterocycles. The number of nitrogens with zero attached hydrogens (tertiary/aromatic N) is 1. The fraction of sp³-hybridized carbons (Fsp3) is 0.214. The molecule has 0 saturated carbocycles. The van der Waals surface area contributed by atoms with Crippen LogP contribution in [0, 0.1) is 25.7 Å². The van der Waals surface area contributed by atoms with Crippen LogP contribution >= 0.6 is 11.6 Å². The van der Waals surface area contributed by atoms with Gasteiger partial charge in [-0.2, -0.15) is 0 Å². The van der Waals surface area contributed by atoms with Crippen molar-refractivity contribution in [1.82, 2.24) is 0 Å². The van der Waals surface area contributed by atoms with Gasteiger partial charge in [0.25, 0.3) is 0 Å². The number of aryl methyl sites for hydroxylation is 2. The Morgan fingerprint density at radius 3 is 1.97 bits per heavy atom. The Kier molecular flexibility index (Phi) is 4.66. The van der Waals surface area contributed by atoms with Gasteiger partial charge < -0.3 is 4.74 Å². The number of hydrogen-bond acceptors (Lipinski definition) is 5. The SMILES string of the molecule is Cc1cc(C)cc(N2C(=O)[C@@H]3[C@@H](C2=O)C2(O[C@H]3c3ccccc3Cl)C(=O)c3ccccc3C2=O)c1. The molecule has 0 bridgehead atoms. The summed E-state index contributed by atoms with van der Waals surface area (Å²) in [5, 5.41) is 0.328. The first-order valence-corrected chi connectivity index (χ1v) is 11.7. The molecule has 7 heteroatoms. The summed E-state index contributed by atoms with van der Waals surface area (Å²) in [6.45, 7) is 3.75. The number of imide groups is 1. The topological polar surface area (TPSA) is 80.8 Å². The molecule has 2 saturated heterocycles. The molecule has 2 heterocycles. The molecule has 3 atom stereocenters. The third-order valence-corrected chi connectivity index (χ3v) is 7.54. The summed E-state index contributed by atoms with van der Waals surface area (Å²) in [6, 6.07) is 18.7. The Labute approximate surface area is 206 Å². The molecule has 3 aliphatic rings. The molecule has 6 rings (SSSR count). The summed E-state index contributed by atoms with van der Waals surface area (Å²) in [5.41, 5.74) is 0.913. The zero-order chi connectivity index (χ0) is 24.6. The number of ether oxygens (including phenoxy) is 1. The van der Waals surface area contributed by atoms with Crippen molar-refractivity contribution < 1.29 is 23.9 Å². The van der Waals surface area contributed by atoms with Gasteiger partial charge in [0, 0.05) is 21.7 Å². The van der Waals surface area contributed by atoms with Crippen molar-refractivity contribution in [2.45, 2.75) is 25.6 Å². The predicted octanol–water partition coefficient (Wildman–Crippen LogP) is 4.65. The molecule has 3 aromatic rings. The van der Waals surface area contributed by atoms with Crippen LogP contribution in [0.25, 0.3) is 0 Å². The molecule has 0 N–H and O–H groups in total. The molecular weight excluding hydrogens is 466 g/mol. The highest BCUT2D eigenvalue weighted by molar-refractivity contribution is 6.37. The first kappa shape index (κ1) is 21.9. The summed E-state index contributed by atoms with van der Waals surface area (Å²) in [7, 11) is 0. The molecule has 0 unspecified atom stereocenters. The molecule has 1 aliphatic carbocycles. The fourth-order valence-electron chi connectivity index (χ4n) is 5.84. The zero-order valence-electron chi connectivity index (χ0n) is 18.9. The third kappa shape index (κ3) is 2.81. The molecule has 174 valence electrons. The molecule has 2 fully saturated rings. The minimum absolute atomic E-state index is 0.196. The second kappa shape index (κ2) is 7.44. The van der Waals surface area contributed by atoms with Gasteiger partial charge in [-0.3, -0.25) is 19.2 Å². The summed E-state index contributed by atoms with van der Waals surface area (Å²) >= 11 is 6.47. The van der Waals surface area contributed by atoms with E-state index < -0.39 is 46.9 Å². The molecule has 1 spiro atoms. The van der Waals surface area contributed by atoms with Crippen molar-refractivity contribution >= 4 is 40.7 Å². The van der Waals surface area contributed by atoms with Gasteiger partial charge in [0.05, 0.1) is 23.6 Å². The first-order chi connectivity index (χ1) is 16.8. The van der Waals surface area contributed by atoms with E-state index in [0.29, 0.717) is 16.3 Å². The lowest BCUT2D eigenvalue weighted by atomic mass is 9.77. The van der Waals surface area contributed by atoms with E-state index in [2.05, 4.69) is 0 Å². The van der Waals surface area contributed by atoms with Crippen molar-refractivity contribution in [3.05, 3.63) is 99.6 Å². The Morgan fingerprint density at radius 2 is 1.37 bits per heavy atom. The van der Waals surface area contributed by atoms with E-state index in [4.69, 9.17) is 16.3 Å². The summed E-state index contributed by atoms with van der Waals surface area (Å²) in [6.07, 6.45) is -1.04. The van der Waals surface area contributed by atoms with Crippen LogP contribution in [0.1, 0.15) is 43.5 Å². The van der Waals surface area contributed by atoms with E-state index in [9.17, 15) is 19.2 Å². The quantitative estimate of drug-likeness (QED) is 0.390. The average molecular weight is 486 g/mol. The minimum atomic E-state index is -2.11. The van der Waals surface area contributed by atoms with Crippen molar-refractivity contribution in [3.8, 4) is 0 Å². The molecule has 3 aromatic carbocycles. The zero-order valence-corrected chi connectivity index (χ0v) is 19.7. The standard InChI is InChI=1S/C28H20ClNO5/c1-14-11-15(2)13-16(12-14)30-26(33)21-22(27(30)34)28(35-23(21)19-9-5-6-10-20(19)29)24(31)17-7-3-4-8-18(17)25(28)32/h3-13,21-23H,1-2H3/t21-,22+,23+/m1/s1. The Hall–Kier alpha value is -3.61. The minimum Gasteiger partial charge on any atom is -0.349 e. The van der Waals surface area contributed by atoms with Crippen LogP contribution in [0.2, 0.25) is 5.02 Å². The van der Waals surface area contributed by atoms with Crippen LogP contribution in [0.5, 0.6) is 0 Å². The van der Waals surface area contributed by atoms with Gasteiger partial charge >= 0.3 is 0 Å². The molecule has 35 heavy (non-hydrogen) atoms. The summed E-state index contributed by atoms with van der Waals surface area (Å²) in [5.74, 6) is -4.69. The maximum atomic E-state index is 14.0. The molecule has 6 nitrogen and oxygen atoms in total. The van der Waals surface area contributed by atoms with E-state index in [1.54, 1.807) is 60.7 Å². The normalized spacial score (nSPS) is 24.4. The van der Waals surface area contributed by atoms with Gasteiger partial charge in [-0.05, 0) is 43.2 Å². The van der Waals surface area contributed by atoms with Gasteiger partial charge in [-0.25, -0.2) is 4.90 Å². The second-order valence-corrected chi connectivity index (χ2v) is 9.77. The number of ketones is 2. The predicted molar refractivity (Wildman–Crippen MR) is 129 cm³/mol. The van der Waals surface area contributed by atoms with E-state index in [0.717, 1.165) is 16.0 Å². The lowest BCUT2D eigenvalue weighted by Crippen LogP contribution is -2.51. The Balaban J connectivity index is 1.57. The third-order valence-electron chi connectivity index (χ3n) is 7.20. The lowest BCUT2D eigenvalue weighted by Gasteiger charge is -2.27. The largest absolute Gasteiger partial charge is 0.349 e. The highest BCUT2D eigenvalue weighted by Crippen LogP contribution is 2.58. The highest BCUT2D eigenvalue weighted by atomic mass is 35.5. The van der Waals surface area contributed by atoms with Crippen LogP contribution in [-0.4, -0.2) is 29.0 Å². The molecular formula is C28H20ClNO5. The van der Waals surface area contributed by atoms with Crippen molar-refractivity contribution in [2.75, 3.05) is 4.90 Å². The summed E-state index contributed by atoms with van der Waals surface area (Å²) < 4.78 is 6.27. The van der Waals surface area contributed by atoms with Crippen molar-refractivity contribution in [1.29, 1.82) is 0 Å². The van der Waals surface area contributed by atoms with Gasteiger partial charge in [-0.1, -0.05) is 60.1 Å². The fourth-order valence-corrected chi connectivity index (χ4v) is 6.08. The van der Waals surface area contributed by atoms with E-state index >= 15 is 0 Å². The number of halogens is 1. The van der Waals surface area contributed by atoms with Crippen LogP contribution in [0.4, 0.5) is 5.69 Å². The number of hydrogen-bond donors (Lipinski definition) is 0. The number of benzene rings is 3. The molecule has 0 radical (unpaired) electrons. The van der Waals surface area contributed by atoms with E-state index in [1.165, 1.54) is 0 Å². The van der Waals surface area contributed by atoms with E-state index in [-0.39, 0.29) is 11.1 Å². The van der Waals surface area contributed by atoms with Gasteiger partial charge in [0.15, 0.2) is 0 Å². The van der Waals surface area contributed by atoms with Crippen molar-refractivity contribution in [2.24, 2.45) is 11.8 Å². The maximum absolute atomic E-state index is 14.0. The van der Waals surface area contributed by atoms with Crippen molar-refractivity contribution in [3.63, 3.8) is 0 Å². The van der Waals surface area contributed by atoms with Crippen LogP contribution < -0.4 is 4.90 Å². The number of carbonyl (C=O) groups is 4. The second-order valence-electron chi connectivity index (χ2n) is 9.36. The molecule has 2 amide bonds. The van der Waals surface area contributed by atoms with Crippen LogP contribution in [0.3, 0.4) is 0 Å². The number of amides is 2. The van der Waals surface area contributed by atoms with Gasteiger partial charge in [0.2, 0.25) is 29.0 Å². The number of rotatable bonds is 2. The monoisotopic (exact) mass is 485 g/mol. The number of anilines is 1. The lowest BCUT2D eigenvalue weighted by molar-refractivity contribution is -0.127.